The third-order valence-electron chi connectivity index (χ3n) is 3.05. The van der Waals surface area contributed by atoms with E-state index in [1.54, 1.807) is 0 Å². The summed E-state index contributed by atoms with van der Waals surface area (Å²) in [4.78, 5) is 1.53. The summed E-state index contributed by atoms with van der Waals surface area (Å²) >= 11 is 4.15. The number of aryl methyl sites for hydroxylation is 1. The average molecular weight is 287 g/mol. The van der Waals surface area contributed by atoms with Gasteiger partial charge in [-0.2, -0.15) is 28.3 Å². The van der Waals surface area contributed by atoms with Crippen molar-refractivity contribution in [2.75, 3.05) is 18.1 Å². The molecule has 5 nitrogen and oxygen atoms in total. The van der Waals surface area contributed by atoms with Crippen molar-refractivity contribution in [3.05, 3.63) is 5.82 Å². The third kappa shape index (κ3) is 3.61. The fourth-order valence-corrected chi connectivity index (χ4v) is 5.22. The molecule has 18 heavy (non-hydrogen) atoms. The highest BCUT2D eigenvalue weighted by atomic mass is 32.2. The SMILES string of the molecule is CCNC(Cc1nnn(C)n1)C1SCCSC1C. The molecule has 1 aromatic heterocycles. The number of nitrogens with zero attached hydrogens (tertiary/aromatic N) is 4. The highest BCUT2D eigenvalue weighted by molar-refractivity contribution is 8.07. The summed E-state index contributed by atoms with van der Waals surface area (Å²) in [5.41, 5.74) is 0. The van der Waals surface area contributed by atoms with Gasteiger partial charge in [0.2, 0.25) is 0 Å². The van der Waals surface area contributed by atoms with Crippen molar-refractivity contribution in [2.45, 2.75) is 36.8 Å². The van der Waals surface area contributed by atoms with Gasteiger partial charge in [-0.25, -0.2) is 0 Å². The van der Waals surface area contributed by atoms with E-state index < -0.39 is 0 Å². The first-order valence-corrected chi connectivity index (χ1v) is 8.50. The number of hydrogen-bond acceptors (Lipinski definition) is 6. The van der Waals surface area contributed by atoms with Crippen molar-refractivity contribution in [3.63, 3.8) is 0 Å². The quantitative estimate of drug-likeness (QED) is 0.871. The van der Waals surface area contributed by atoms with Crippen LogP contribution in [-0.2, 0) is 13.5 Å². The van der Waals surface area contributed by atoms with Gasteiger partial charge in [-0.3, -0.25) is 0 Å². The molecule has 0 amide bonds. The lowest BCUT2D eigenvalue weighted by molar-refractivity contribution is 0.490. The van der Waals surface area contributed by atoms with Crippen molar-refractivity contribution < 1.29 is 0 Å². The van der Waals surface area contributed by atoms with Gasteiger partial charge in [0.1, 0.15) is 0 Å². The van der Waals surface area contributed by atoms with Crippen molar-refractivity contribution in [2.24, 2.45) is 7.05 Å². The summed E-state index contributed by atoms with van der Waals surface area (Å²) in [5.74, 6) is 3.35. The van der Waals surface area contributed by atoms with E-state index in [1.165, 1.54) is 16.3 Å². The molecule has 1 aliphatic rings. The molecule has 1 aromatic rings. The predicted octanol–water partition coefficient (Wildman–Crippen LogP) is 0.968. The van der Waals surface area contributed by atoms with Crippen LogP contribution < -0.4 is 5.32 Å². The summed E-state index contributed by atoms with van der Waals surface area (Å²) < 4.78 is 0. The molecule has 0 spiro atoms. The molecule has 7 heteroatoms. The maximum atomic E-state index is 4.29. The van der Waals surface area contributed by atoms with Gasteiger partial charge in [-0.15, -0.1) is 10.2 Å². The number of nitrogens with one attached hydrogen (secondary N) is 1. The molecule has 2 heterocycles. The van der Waals surface area contributed by atoms with Crippen LogP contribution in [0.25, 0.3) is 0 Å². The van der Waals surface area contributed by atoms with Crippen LogP contribution in [0.2, 0.25) is 0 Å². The van der Waals surface area contributed by atoms with Gasteiger partial charge in [-0.1, -0.05) is 13.8 Å². The molecule has 0 aliphatic carbocycles. The molecule has 0 bridgehead atoms. The van der Waals surface area contributed by atoms with Crippen LogP contribution in [0.5, 0.6) is 0 Å². The fourth-order valence-electron chi connectivity index (χ4n) is 2.26. The van der Waals surface area contributed by atoms with E-state index >= 15 is 0 Å². The van der Waals surface area contributed by atoms with E-state index in [9.17, 15) is 0 Å². The highest BCUT2D eigenvalue weighted by Gasteiger charge is 2.30. The number of thioether (sulfide) groups is 2. The van der Waals surface area contributed by atoms with Crippen LogP contribution >= 0.6 is 23.5 Å². The summed E-state index contributed by atoms with van der Waals surface area (Å²) in [6, 6.07) is 0.437. The molecule has 1 N–H and O–H groups in total. The lowest BCUT2D eigenvalue weighted by Gasteiger charge is -2.34. The Hall–Kier alpha value is -0.270. The largest absolute Gasteiger partial charge is 0.313 e. The second-order valence-corrected chi connectivity index (χ2v) is 7.25. The molecular formula is C11H21N5S2. The first-order valence-electron chi connectivity index (χ1n) is 6.40. The molecule has 0 saturated carbocycles. The smallest absolute Gasteiger partial charge is 0.176 e. The van der Waals surface area contributed by atoms with E-state index in [-0.39, 0.29) is 0 Å². The van der Waals surface area contributed by atoms with Crippen LogP contribution in [0, 0.1) is 0 Å². The van der Waals surface area contributed by atoms with E-state index in [0.717, 1.165) is 18.8 Å². The standard InChI is InChI=1S/C11H21N5S2/c1-4-12-9(7-10-13-15-16(3)14-10)11-8(2)17-5-6-18-11/h8-9,11-12H,4-7H2,1-3H3. The molecule has 1 aliphatic heterocycles. The number of rotatable bonds is 5. The lowest BCUT2D eigenvalue weighted by Crippen LogP contribution is -2.45. The van der Waals surface area contributed by atoms with Gasteiger partial charge in [0.15, 0.2) is 5.82 Å². The predicted molar refractivity (Wildman–Crippen MR) is 78.1 cm³/mol. The lowest BCUT2D eigenvalue weighted by atomic mass is 10.1. The van der Waals surface area contributed by atoms with Crippen LogP contribution in [0.1, 0.15) is 19.7 Å². The second kappa shape index (κ2) is 6.77. The first-order chi connectivity index (χ1) is 8.70. The van der Waals surface area contributed by atoms with Crippen LogP contribution in [0.4, 0.5) is 0 Å². The minimum atomic E-state index is 0.437. The zero-order valence-corrected chi connectivity index (χ0v) is 12.8. The molecule has 1 saturated heterocycles. The number of tetrazole rings is 1. The van der Waals surface area contributed by atoms with Gasteiger partial charge >= 0.3 is 0 Å². The van der Waals surface area contributed by atoms with Crippen LogP contribution in [-0.4, -0.2) is 54.8 Å². The van der Waals surface area contributed by atoms with Gasteiger partial charge in [0.05, 0.1) is 7.05 Å². The summed E-state index contributed by atoms with van der Waals surface area (Å²) in [5, 5.41) is 17.2. The normalized spacial score (nSPS) is 26.2. The Labute approximate surface area is 117 Å². The minimum absolute atomic E-state index is 0.437. The Balaban J connectivity index is 2.02. The minimum Gasteiger partial charge on any atom is -0.313 e. The fraction of sp³-hybridized carbons (Fsp3) is 0.909. The molecule has 3 unspecified atom stereocenters. The Morgan fingerprint density at radius 3 is 2.83 bits per heavy atom. The summed E-state index contributed by atoms with van der Waals surface area (Å²) in [6.07, 6.45) is 0.865. The monoisotopic (exact) mass is 287 g/mol. The van der Waals surface area contributed by atoms with Gasteiger partial charge in [0.25, 0.3) is 0 Å². The maximum Gasteiger partial charge on any atom is 0.176 e. The number of aromatic nitrogens is 4. The highest BCUT2D eigenvalue weighted by Crippen LogP contribution is 2.33. The van der Waals surface area contributed by atoms with Crippen LogP contribution in [0.3, 0.4) is 0 Å². The molecule has 102 valence electrons. The van der Waals surface area contributed by atoms with E-state index in [1.807, 2.05) is 7.05 Å². The third-order valence-corrected chi connectivity index (χ3v) is 6.30. The second-order valence-electron chi connectivity index (χ2n) is 4.47. The Kier molecular flexibility index (Phi) is 5.32. The molecule has 3 atom stereocenters. The van der Waals surface area contributed by atoms with Gasteiger partial charge < -0.3 is 5.32 Å². The summed E-state index contributed by atoms with van der Waals surface area (Å²) in [6.45, 7) is 5.47. The average Bonchev–Trinajstić information content (AvgIpc) is 2.75. The number of likely N-dealkylation sites (N-methyl/N-ethyl adjacent to an activating group) is 1. The van der Waals surface area contributed by atoms with Crippen molar-refractivity contribution in [1.82, 2.24) is 25.5 Å². The van der Waals surface area contributed by atoms with Crippen molar-refractivity contribution in [3.8, 4) is 0 Å². The molecule has 0 radical (unpaired) electrons. The van der Waals surface area contributed by atoms with E-state index in [2.05, 4.69) is 58.1 Å². The molecular weight excluding hydrogens is 266 g/mol. The molecule has 2 rings (SSSR count). The Bertz CT molecular complexity index is 370. The Morgan fingerprint density at radius 2 is 2.22 bits per heavy atom. The first kappa shape index (κ1) is 14.1. The van der Waals surface area contributed by atoms with E-state index in [0.29, 0.717) is 16.5 Å². The number of hydrogen-bond donors (Lipinski definition) is 1. The topological polar surface area (TPSA) is 55.6 Å². The zero-order chi connectivity index (χ0) is 13.0. The van der Waals surface area contributed by atoms with Crippen molar-refractivity contribution in [1.29, 1.82) is 0 Å². The zero-order valence-electron chi connectivity index (χ0n) is 11.2. The van der Waals surface area contributed by atoms with Crippen molar-refractivity contribution >= 4 is 23.5 Å². The maximum absolute atomic E-state index is 4.29. The van der Waals surface area contributed by atoms with E-state index in [4.69, 9.17) is 0 Å². The summed E-state index contributed by atoms with van der Waals surface area (Å²) in [7, 11) is 1.81. The van der Waals surface area contributed by atoms with Gasteiger partial charge in [0, 0.05) is 34.5 Å². The molecule has 1 fully saturated rings. The Morgan fingerprint density at radius 1 is 1.44 bits per heavy atom. The molecule has 0 aromatic carbocycles. The van der Waals surface area contributed by atoms with Crippen LogP contribution in [0.15, 0.2) is 0 Å². The van der Waals surface area contributed by atoms with Gasteiger partial charge in [-0.05, 0) is 11.8 Å².